The van der Waals surface area contributed by atoms with Crippen molar-refractivity contribution in [3.05, 3.63) is 60.8 Å². The average molecular weight is 840 g/mol. The van der Waals surface area contributed by atoms with Crippen molar-refractivity contribution in [2.75, 3.05) is 6.61 Å². The minimum atomic E-state index is -0.803. The van der Waals surface area contributed by atoms with Crippen LogP contribution in [0.15, 0.2) is 60.8 Å². The Morgan fingerprint density at radius 1 is 0.483 bits per heavy atom. The Morgan fingerprint density at radius 3 is 1.37 bits per heavy atom. The SMILES string of the molecule is CCCCC/C=C\C/C=C\C/C=C\C/C=C\CCCC(=O)OC(CCC/C=C\CCCCCCCCC)CC(=O)NC(CO)C(O)CCCCCCCCCCCCCC. The van der Waals surface area contributed by atoms with Crippen LogP contribution in [0.1, 0.15) is 245 Å². The number of carbonyl (C=O) groups is 2. The summed E-state index contributed by atoms with van der Waals surface area (Å²) in [5, 5.41) is 23.7. The summed E-state index contributed by atoms with van der Waals surface area (Å²) in [6.07, 6.45) is 58.6. The number of hydrogen-bond acceptors (Lipinski definition) is 5. The second kappa shape index (κ2) is 47.6. The molecule has 0 heterocycles. The zero-order valence-corrected chi connectivity index (χ0v) is 39.6. The summed E-state index contributed by atoms with van der Waals surface area (Å²) in [5.41, 5.74) is 0. The van der Waals surface area contributed by atoms with Crippen molar-refractivity contribution in [2.24, 2.45) is 0 Å². The molecular weight excluding hydrogens is 743 g/mol. The molecule has 0 aliphatic rings. The summed E-state index contributed by atoms with van der Waals surface area (Å²) in [6, 6.07) is -0.721. The van der Waals surface area contributed by atoms with E-state index in [0.29, 0.717) is 25.7 Å². The number of nitrogens with one attached hydrogen (secondary N) is 1. The maximum absolute atomic E-state index is 13.2. The highest BCUT2D eigenvalue weighted by atomic mass is 16.5. The van der Waals surface area contributed by atoms with Crippen LogP contribution in [-0.2, 0) is 14.3 Å². The number of rotatable bonds is 45. The molecule has 6 heteroatoms. The van der Waals surface area contributed by atoms with Crippen molar-refractivity contribution in [3.8, 4) is 0 Å². The maximum atomic E-state index is 13.2. The zero-order valence-electron chi connectivity index (χ0n) is 39.6. The molecule has 3 N–H and O–H groups in total. The zero-order chi connectivity index (χ0) is 43.8. The van der Waals surface area contributed by atoms with E-state index >= 15 is 0 Å². The van der Waals surface area contributed by atoms with Gasteiger partial charge < -0.3 is 20.3 Å². The molecule has 0 fully saturated rings. The quantitative estimate of drug-likeness (QED) is 0.0322. The molecule has 3 unspecified atom stereocenters. The number of hydrogen-bond donors (Lipinski definition) is 3. The van der Waals surface area contributed by atoms with E-state index < -0.39 is 18.2 Å². The van der Waals surface area contributed by atoms with Crippen molar-refractivity contribution in [3.63, 3.8) is 0 Å². The van der Waals surface area contributed by atoms with Gasteiger partial charge in [-0.25, -0.2) is 0 Å². The number of amides is 1. The standard InChI is InChI=1S/C54H97NO5/c1-4-7-10-13-16-19-22-25-26-27-28-29-32-35-38-41-44-47-54(59)60-50(45-42-39-36-33-30-23-20-17-14-11-8-5-2)48-53(58)55-51(49-56)52(57)46-43-40-37-34-31-24-21-18-15-12-9-6-3/h16,19,25-26,28-29,33,35-36,38,50-52,56-57H,4-15,17-18,20-24,27,30-32,34,37,39-49H2,1-3H3,(H,55,58)/b19-16-,26-25-,29-28-,36-33-,38-35-. The molecule has 0 saturated carbocycles. The van der Waals surface area contributed by atoms with Crippen LogP contribution in [0.5, 0.6) is 0 Å². The Hall–Kier alpha value is -2.44. The van der Waals surface area contributed by atoms with E-state index in [0.717, 1.165) is 64.2 Å². The van der Waals surface area contributed by atoms with Crippen LogP contribution in [0.4, 0.5) is 0 Å². The van der Waals surface area contributed by atoms with Gasteiger partial charge in [-0.15, -0.1) is 0 Å². The summed E-state index contributed by atoms with van der Waals surface area (Å²) >= 11 is 0. The van der Waals surface area contributed by atoms with E-state index in [9.17, 15) is 19.8 Å². The van der Waals surface area contributed by atoms with Gasteiger partial charge in [-0.3, -0.25) is 9.59 Å². The average Bonchev–Trinajstić information content (AvgIpc) is 3.24. The van der Waals surface area contributed by atoms with Gasteiger partial charge >= 0.3 is 5.97 Å². The molecule has 0 bridgehead atoms. The van der Waals surface area contributed by atoms with Gasteiger partial charge in [-0.05, 0) is 83.5 Å². The van der Waals surface area contributed by atoms with Gasteiger partial charge in [0.2, 0.25) is 5.91 Å². The minimum absolute atomic E-state index is 0.0342. The summed E-state index contributed by atoms with van der Waals surface area (Å²) in [6.45, 7) is 6.42. The molecule has 0 radical (unpaired) electrons. The van der Waals surface area contributed by atoms with E-state index in [1.165, 1.54) is 128 Å². The lowest BCUT2D eigenvalue weighted by molar-refractivity contribution is -0.151. The molecule has 0 saturated heterocycles. The topological polar surface area (TPSA) is 95.9 Å². The normalized spacial score (nSPS) is 13.8. The highest BCUT2D eigenvalue weighted by Gasteiger charge is 2.24. The third-order valence-electron chi connectivity index (χ3n) is 11.3. The minimum Gasteiger partial charge on any atom is -0.462 e. The van der Waals surface area contributed by atoms with E-state index in [1.54, 1.807) is 0 Å². The molecule has 6 nitrogen and oxygen atoms in total. The lowest BCUT2D eigenvalue weighted by Crippen LogP contribution is -2.46. The Labute approximate surface area is 371 Å². The van der Waals surface area contributed by atoms with Gasteiger partial charge in [0.1, 0.15) is 6.10 Å². The van der Waals surface area contributed by atoms with Gasteiger partial charge in [0.25, 0.3) is 0 Å². The maximum Gasteiger partial charge on any atom is 0.306 e. The number of ether oxygens (including phenoxy) is 1. The Balaban J connectivity index is 4.68. The Bertz CT molecular complexity index is 1080. The molecule has 0 rings (SSSR count). The lowest BCUT2D eigenvalue weighted by Gasteiger charge is -2.24. The van der Waals surface area contributed by atoms with Gasteiger partial charge in [0.15, 0.2) is 0 Å². The predicted molar refractivity (Wildman–Crippen MR) is 259 cm³/mol. The predicted octanol–water partition coefficient (Wildman–Crippen LogP) is 15.2. The van der Waals surface area contributed by atoms with E-state index in [2.05, 4.69) is 86.8 Å². The molecule has 0 aromatic rings. The highest BCUT2D eigenvalue weighted by molar-refractivity contribution is 5.77. The summed E-state index contributed by atoms with van der Waals surface area (Å²) in [4.78, 5) is 26.1. The fourth-order valence-corrected chi connectivity index (χ4v) is 7.42. The van der Waals surface area contributed by atoms with Crippen molar-refractivity contribution < 1.29 is 24.5 Å². The largest absolute Gasteiger partial charge is 0.462 e. The van der Waals surface area contributed by atoms with Crippen LogP contribution in [-0.4, -0.2) is 46.9 Å². The van der Waals surface area contributed by atoms with Crippen molar-refractivity contribution in [1.82, 2.24) is 5.32 Å². The van der Waals surface area contributed by atoms with Crippen molar-refractivity contribution in [2.45, 2.75) is 264 Å². The molecule has 0 aliphatic carbocycles. The number of esters is 1. The van der Waals surface area contributed by atoms with Crippen molar-refractivity contribution >= 4 is 11.9 Å². The number of allylic oxidation sites excluding steroid dienone is 10. The molecule has 0 aliphatic heterocycles. The fourth-order valence-electron chi connectivity index (χ4n) is 7.42. The first-order valence-electron chi connectivity index (χ1n) is 25.5. The molecule has 3 atom stereocenters. The second-order valence-electron chi connectivity index (χ2n) is 17.2. The van der Waals surface area contributed by atoms with Gasteiger partial charge in [-0.1, -0.05) is 210 Å². The third-order valence-corrected chi connectivity index (χ3v) is 11.3. The molecule has 0 aromatic heterocycles. The lowest BCUT2D eigenvalue weighted by atomic mass is 10.0. The van der Waals surface area contributed by atoms with Crippen LogP contribution in [0, 0.1) is 0 Å². The third kappa shape index (κ3) is 42.3. The second-order valence-corrected chi connectivity index (χ2v) is 17.2. The monoisotopic (exact) mass is 840 g/mol. The summed E-state index contributed by atoms with van der Waals surface area (Å²) in [7, 11) is 0. The van der Waals surface area contributed by atoms with E-state index in [4.69, 9.17) is 4.74 Å². The van der Waals surface area contributed by atoms with Gasteiger partial charge in [-0.2, -0.15) is 0 Å². The first-order valence-corrected chi connectivity index (χ1v) is 25.5. The molecule has 348 valence electrons. The van der Waals surface area contributed by atoms with Crippen LogP contribution in [0.25, 0.3) is 0 Å². The smallest absolute Gasteiger partial charge is 0.306 e. The molecule has 60 heavy (non-hydrogen) atoms. The fraction of sp³-hybridized carbons (Fsp3) is 0.778. The van der Waals surface area contributed by atoms with E-state index in [1.807, 2.05) is 0 Å². The van der Waals surface area contributed by atoms with Crippen molar-refractivity contribution in [1.29, 1.82) is 0 Å². The molecule has 0 aromatic carbocycles. The Kier molecular flexibility index (Phi) is 45.7. The molecule has 1 amide bonds. The first-order chi connectivity index (χ1) is 29.5. The van der Waals surface area contributed by atoms with Gasteiger partial charge in [0.05, 0.1) is 25.2 Å². The molecule has 0 spiro atoms. The number of aliphatic hydroxyl groups excluding tert-OH is 2. The molecular formula is C54H97NO5. The summed E-state index contributed by atoms with van der Waals surface area (Å²) in [5.74, 6) is -0.569. The summed E-state index contributed by atoms with van der Waals surface area (Å²) < 4.78 is 5.88. The van der Waals surface area contributed by atoms with Crippen LogP contribution in [0.2, 0.25) is 0 Å². The van der Waals surface area contributed by atoms with Crippen LogP contribution < -0.4 is 5.32 Å². The van der Waals surface area contributed by atoms with Crippen LogP contribution >= 0.6 is 0 Å². The highest BCUT2D eigenvalue weighted by Crippen LogP contribution is 2.16. The van der Waals surface area contributed by atoms with E-state index in [-0.39, 0.29) is 24.9 Å². The van der Waals surface area contributed by atoms with Crippen LogP contribution in [0.3, 0.4) is 0 Å². The first kappa shape index (κ1) is 57.6. The number of carbonyl (C=O) groups excluding carboxylic acids is 2. The Morgan fingerprint density at radius 2 is 0.867 bits per heavy atom. The number of aliphatic hydroxyl groups is 2. The van der Waals surface area contributed by atoms with Gasteiger partial charge in [0, 0.05) is 6.42 Å². The number of unbranched alkanes of at least 4 members (excludes halogenated alkanes) is 23.